The molecular weight excluding hydrogens is 550 g/mol. The van der Waals surface area contributed by atoms with Crippen LogP contribution in [0.15, 0.2) is 64.6 Å². The number of rotatable bonds is 16. The Balaban J connectivity index is 1.80. The lowest BCUT2D eigenvalue weighted by molar-refractivity contribution is -0.142. The molecule has 0 heterocycles. The number of hydrogen-bond acceptors (Lipinski definition) is 6. The van der Waals surface area contributed by atoms with Gasteiger partial charge in [0, 0.05) is 13.1 Å². The average Bonchev–Trinajstić information content (AvgIpc) is 2.98. The molecular formula is C30H41N9O4. The first-order chi connectivity index (χ1) is 20.6. The average molecular weight is 592 g/mol. The molecule has 0 saturated carbocycles. The van der Waals surface area contributed by atoms with Crippen LogP contribution in [0.25, 0.3) is 21.5 Å². The molecule has 0 saturated heterocycles. The number of aliphatic imine (C=N–C) groups is 2. The minimum absolute atomic E-state index is 0.0535. The summed E-state index contributed by atoms with van der Waals surface area (Å²) < 4.78 is 0. The van der Waals surface area contributed by atoms with Crippen LogP contribution in [0.4, 0.5) is 0 Å². The zero-order valence-electron chi connectivity index (χ0n) is 24.0. The van der Waals surface area contributed by atoms with E-state index in [0.717, 1.165) is 27.1 Å². The van der Waals surface area contributed by atoms with Crippen molar-refractivity contribution in [3.05, 3.63) is 60.2 Å². The fourth-order valence-electron chi connectivity index (χ4n) is 4.87. The lowest BCUT2D eigenvalue weighted by Gasteiger charge is -2.23. The smallest absolute Gasteiger partial charge is 0.326 e. The fraction of sp³-hybridized carbons (Fsp3) is 0.367. The van der Waals surface area contributed by atoms with Gasteiger partial charge in [0.05, 0.1) is 6.04 Å². The maximum absolute atomic E-state index is 13.4. The number of guanidine groups is 2. The molecule has 2 amide bonds. The van der Waals surface area contributed by atoms with E-state index in [0.29, 0.717) is 25.8 Å². The predicted molar refractivity (Wildman–Crippen MR) is 169 cm³/mol. The van der Waals surface area contributed by atoms with Gasteiger partial charge in [0.2, 0.25) is 11.8 Å². The van der Waals surface area contributed by atoms with Crippen LogP contribution in [0.3, 0.4) is 0 Å². The normalized spacial score (nSPS) is 13.0. The van der Waals surface area contributed by atoms with Gasteiger partial charge >= 0.3 is 5.97 Å². The summed E-state index contributed by atoms with van der Waals surface area (Å²) in [6.45, 7) is 0.522. The molecule has 43 heavy (non-hydrogen) atoms. The predicted octanol–water partition coefficient (Wildman–Crippen LogP) is 0.414. The van der Waals surface area contributed by atoms with Crippen molar-refractivity contribution in [3.8, 4) is 0 Å². The molecule has 13 heteroatoms. The second-order valence-corrected chi connectivity index (χ2v) is 10.3. The molecule has 0 fully saturated rings. The molecule has 0 aliphatic rings. The van der Waals surface area contributed by atoms with E-state index < -0.39 is 35.9 Å². The Morgan fingerprint density at radius 1 is 0.721 bits per heavy atom. The first kappa shape index (κ1) is 32.6. The molecule has 0 unspecified atom stereocenters. The highest BCUT2D eigenvalue weighted by Gasteiger charge is 2.28. The van der Waals surface area contributed by atoms with Gasteiger partial charge in [0.15, 0.2) is 11.9 Å². The molecule has 0 aliphatic heterocycles. The van der Waals surface area contributed by atoms with Crippen LogP contribution < -0.4 is 39.3 Å². The Hall–Kier alpha value is -4.91. The Bertz CT molecular complexity index is 1480. The Morgan fingerprint density at radius 2 is 1.28 bits per heavy atom. The van der Waals surface area contributed by atoms with Gasteiger partial charge in [-0.2, -0.15) is 0 Å². The van der Waals surface area contributed by atoms with Gasteiger partial charge in [-0.05, 0) is 65.6 Å². The maximum atomic E-state index is 13.4. The zero-order valence-corrected chi connectivity index (χ0v) is 24.0. The van der Waals surface area contributed by atoms with E-state index in [9.17, 15) is 19.5 Å². The van der Waals surface area contributed by atoms with E-state index in [1.54, 1.807) is 0 Å². The van der Waals surface area contributed by atoms with Gasteiger partial charge in [-0.25, -0.2) is 4.79 Å². The highest BCUT2D eigenvalue weighted by Crippen LogP contribution is 2.29. The molecule has 3 atom stereocenters. The number of aryl methyl sites for hydroxylation is 1. The van der Waals surface area contributed by atoms with Gasteiger partial charge in [-0.15, -0.1) is 0 Å². The molecule has 0 aromatic heterocycles. The summed E-state index contributed by atoms with van der Waals surface area (Å²) in [5.74, 6) is -2.52. The Kier molecular flexibility index (Phi) is 12.1. The quantitative estimate of drug-likeness (QED) is 0.0496. The molecule has 0 spiro atoms. The van der Waals surface area contributed by atoms with Gasteiger partial charge in [-0.3, -0.25) is 19.6 Å². The van der Waals surface area contributed by atoms with Crippen LogP contribution in [0.2, 0.25) is 0 Å². The van der Waals surface area contributed by atoms with E-state index in [-0.39, 0.29) is 37.7 Å². The summed E-state index contributed by atoms with van der Waals surface area (Å²) >= 11 is 0. The first-order valence-electron chi connectivity index (χ1n) is 14.2. The van der Waals surface area contributed by atoms with Crippen LogP contribution in [0, 0.1) is 0 Å². The third-order valence-corrected chi connectivity index (χ3v) is 7.05. The minimum Gasteiger partial charge on any atom is -0.480 e. The summed E-state index contributed by atoms with van der Waals surface area (Å²) in [6.07, 6.45) is 1.82. The monoisotopic (exact) mass is 591 g/mol. The number of benzene rings is 3. The van der Waals surface area contributed by atoms with E-state index in [2.05, 4.69) is 32.8 Å². The van der Waals surface area contributed by atoms with Crippen LogP contribution >= 0.6 is 0 Å². The van der Waals surface area contributed by atoms with Crippen molar-refractivity contribution in [2.45, 2.75) is 56.7 Å². The van der Waals surface area contributed by atoms with E-state index in [1.807, 2.05) is 42.5 Å². The van der Waals surface area contributed by atoms with Gasteiger partial charge < -0.3 is 44.4 Å². The van der Waals surface area contributed by atoms with Crippen LogP contribution in [0.1, 0.15) is 37.7 Å². The maximum Gasteiger partial charge on any atom is 0.326 e. The molecule has 13 nitrogen and oxygen atoms in total. The van der Waals surface area contributed by atoms with Crippen molar-refractivity contribution < 1.29 is 19.5 Å². The van der Waals surface area contributed by atoms with E-state index >= 15 is 0 Å². The number of carboxylic acids is 1. The topological polar surface area (TPSA) is 250 Å². The number of hydrogen-bond donors (Lipinski definition) is 8. The summed E-state index contributed by atoms with van der Waals surface area (Å²) in [5, 5.41) is 19.3. The molecule has 0 radical (unpaired) electrons. The number of carbonyl (C=O) groups is 3. The van der Waals surface area contributed by atoms with Crippen LogP contribution in [0.5, 0.6) is 0 Å². The van der Waals surface area contributed by atoms with Crippen molar-refractivity contribution in [1.29, 1.82) is 0 Å². The number of carbonyl (C=O) groups excluding carboxylic acids is 2. The molecule has 3 aromatic carbocycles. The number of nitrogens with two attached hydrogens (primary N) is 5. The van der Waals surface area contributed by atoms with Crippen molar-refractivity contribution in [2.75, 3.05) is 13.1 Å². The summed E-state index contributed by atoms with van der Waals surface area (Å²) in [4.78, 5) is 46.1. The van der Waals surface area contributed by atoms with Crippen LogP contribution in [-0.4, -0.2) is 66.0 Å². The molecule has 3 rings (SSSR count). The van der Waals surface area contributed by atoms with Gasteiger partial charge in [0.25, 0.3) is 0 Å². The third kappa shape index (κ3) is 9.85. The standard InChI is InChI=1S/C30H41N9O4/c31-23(11-5-15-36-29(32)33)26(40)38-24(27(41)39-25(28(42)43)12-6-16-37-30(34)35)14-13-19-17-18-7-1-2-8-20(18)22-10-4-3-9-21(19)22/h1-4,7-10,17,23-25H,5-6,11-16,31H2,(H,38,40)(H,39,41)(H,42,43)(H4,32,33,36)(H4,34,35,37)/t23-,24+,25-/m1/s1. The van der Waals surface area contributed by atoms with Crippen LogP contribution in [-0.2, 0) is 20.8 Å². The van der Waals surface area contributed by atoms with Gasteiger partial charge in [-0.1, -0.05) is 54.6 Å². The SMILES string of the molecule is NC(N)=NCCC[C@@H](N)C(=O)N[C@@H](CCc1cc2ccccc2c2ccccc12)C(=O)N[C@H](CCCN=C(N)N)C(=O)O. The lowest BCUT2D eigenvalue weighted by Crippen LogP contribution is -2.54. The number of amides is 2. The molecule has 0 bridgehead atoms. The summed E-state index contributed by atoms with van der Waals surface area (Å²) in [7, 11) is 0. The largest absolute Gasteiger partial charge is 0.480 e. The van der Waals surface area contributed by atoms with E-state index in [4.69, 9.17) is 28.7 Å². The second-order valence-electron chi connectivity index (χ2n) is 10.3. The Labute approximate surface area is 250 Å². The van der Waals surface area contributed by atoms with E-state index in [1.165, 1.54) is 0 Å². The second kappa shape index (κ2) is 15.9. The first-order valence-corrected chi connectivity index (χ1v) is 14.2. The molecule has 13 N–H and O–H groups in total. The summed E-state index contributed by atoms with van der Waals surface area (Å²) in [5.41, 5.74) is 28.4. The Morgan fingerprint density at radius 3 is 1.91 bits per heavy atom. The van der Waals surface area contributed by atoms with Crippen molar-refractivity contribution in [3.63, 3.8) is 0 Å². The number of aliphatic carboxylic acids is 1. The van der Waals surface area contributed by atoms with Crippen molar-refractivity contribution >= 4 is 51.2 Å². The fourth-order valence-corrected chi connectivity index (χ4v) is 4.87. The molecule has 0 aliphatic carbocycles. The lowest BCUT2D eigenvalue weighted by atomic mass is 9.93. The zero-order chi connectivity index (χ0) is 31.4. The molecule has 230 valence electrons. The van der Waals surface area contributed by atoms with Crippen molar-refractivity contribution in [1.82, 2.24) is 10.6 Å². The molecule has 3 aromatic rings. The number of fused-ring (bicyclic) bond motifs is 3. The van der Waals surface area contributed by atoms with Crippen molar-refractivity contribution in [2.24, 2.45) is 38.7 Å². The highest BCUT2D eigenvalue weighted by molar-refractivity contribution is 6.09. The summed E-state index contributed by atoms with van der Waals surface area (Å²) in [6, 6.07) is 15.0. The van der Waals surface area contributed by atoms with Gasteiger partial charge in [0.1, 0.15) is 12.1 Å². The number of nitrogens with one attached hydrogen (secondary N) is 2. The number of nitrogens with zero attached hydrogens (tertiary/aromatic N) is 2. The third-order valence-electron chi connectivity index (χ3n) is 7.05. The minimum atomic E-state index is -1.21. The number of carboxylic acid groups (broad SMARTS) is 1. The highest BCUT2D eigenvalue weighted by atomic mass is 16.4.